The van der Waals surface area contributed by atoms with Gasteiger partial charge < -0.3 is 10.4 Å². The van der Waals surface area contributed by atoms with Gasteiger partial charge in [-0.1, -0.05) is 41.0 Å². The van der Waals surface area contributed by atoms with Crippen molar-refractivity contribution in [2.75, 3.05) is 6.54 Å². The molecule has 0 bridgehead atoms. The molecule has 1 amide bonds. The predicted octanol–water partition coefficient (Wildman–Crippen LogP) is 3.72. The second-order valence-corrected chi connectivity index (χ2v) is 7.13. The van der Waals surface area contributed by atoms with E-state index in [1.165, 1.54) is 11.8 Å². The lowest BCUT2D eigenvalue weighted by atomic mass is 10.1. The monoisotopic (exact) mass is 370 g/mol. The van der Waals surface area contributed by atoms with E-state index in [2.05, 4.69) is 10.3 Å². The van der Waals surface area contributed by atoms with Crippen LogP contribution in [0.4, 0.5) is 0 Å². The quantitative estimate of drug-likeness (QED) is 0.760. The van der Waals surface area contributed by atoms with Crippen LogP contribution in [-0.4, -0.2) is 27.8 Å². The van der Waals surface area contributed by atoms with Crippen LogP contribution in [0.5, 0.6) is 0 Å². The lowest BCUT2D eigenvalue weighted by Gasteiger charge is -2.15. The number of aromatic nitrogens is 1. The molecule has 2 atom stereocenters. The first-order valence-corrected chi connectivity index (χ1v) is 8.58. The van der Waals surface area contributed by atoms with Gasteiger partial charge in [0, 0.05) is 22.8 Å². The Bertz CT molecular complexity index is 650. The lowest BCUT2D eigenvalue weighted by molar-refractivity contribution is -0.120. The third kappa shape index (κ3) is 5.70. The molecule has 7 heteroatoms. The van der Waals surface area contributed by atoms with Gasteiger partial charge in [0.25, 0.3) is 0 Å². The number of amides is 1. The molecule has 4 nitrogen and oxygen atoms in total. The summed E-state index contributed by atoms with van der Waals surface area (Å²) in [5.74, 6) is -0.173. The van der Waals surface area contributed by atoms with Crippen LogP contribution < -0.4 is 5.32 Å². The molecule has 122 valence electrons. The van der Waals surface area contributed by atoms with Crippen LogP contribution in [0.15, 0.2) is 47.6 Å². The van der Waals surface area contributed by atoms with E-state index >= 15 is 0 Å². The molecule has 0 saturated heterocycles. The number of nitrogens with one attached hydrogen (secondary N) is 1. The average molecular weight is 371 g/mol. The summed E-state index contributed by atoms with van der Waals surface area (Å²) in [6.45, 7) is 1.87. The van der Waals surface area contributed by atoms with E-state index < -0.39 is 6.10 Å². The molecule has 0 unspecified atom stereocenters. The molecule has 0 saturated carbocycles. The first kappa shape index (κ1) is 18.1. The Morgan fingerprint density at radius 1 is 1.30 bits per heavy atom. The lowest BCUT2D eigenvalue weighted by Crippen LogP contribution is -2.34. The van der Waals surface area contributed by atoms with Gasteiger partial charge in [-0.3, -0.25) is 4.79 Å². The first-order valence-electron chi connectivity index (χ1n) is 6.95. The minimum Gasteiger partial charge on any atom is -0.387 e. The summed E-state index contributed by atoms with van der Waals surface area (Å²) >= 11 is 13.2. The van der Waals surface area contributed by atoms with Crippen molar-refractivity contribution in [3.8, 4) is 0 Å². The molecular weight excluding hydrogens is 355 g/mol. The Kier molecular flexibility index (Phi) is 6.72. The normalized spacial score (nSPS) is 13.4. The van der Waals surface area contributed by atoms with Gasteiger partial charge in [0.2, 0.25) is 5.91 Å². The standard InChI is InChI=1S/C16H16Cl2N2O2S/c1-10(23-15-4-2-3-5-19-15)16(22)20-9-14(21)11-6-12(17)8-13(18)7-11/h2-8,10,14,21H,9H2,1H3,(H,20,22)/t10-,14-/m1/s1. The Labute approximate surface area is 149 Å². The number of aliphatic hydroxyl groups is 1. The van der Waals surface area contributed by atoms with E-state index in [-0.39, 0.29) is 17.7 Å². The Morgan fingerprint density at radius 2 is 2.00 bits per heavy atom. The highest BCUT2D eigenvalue weighted by Crippen LogP contribution is 2.24. The molecule has 0 spiro atoms. The van der Waals surface area contributed by atoms with Gasteiger partial charge in [0.1, 0.15) is 0 Å². The van der Waals surface area contributed by atoms with Crippen LogP contribution in [0, 0.1) is 0 Å². The zero-order valence-electron chi connectivity index (χ0n) is 12.4. The van der Waals surface area contributed by atoms with Gasteiger partial charge in [0.05, 0.1) is 16.4 Å². The SMILES string of the molecule is C[C@@H](Sc1ccccn1)C(=O)NC[C@@H](O)c1cc(Cl)cc(Cl)c1. The van der Waals surface area contributed by atoms with Crippen molar-refractivity contribution >= 4 is 40.9 Å². The van der Waals surface area contributed by atoms with E-state index in [9.17, 15) is 9.90 Å². The van der Waals surface area contributed by atoms with Crippen LogP contribution in [0.1, 0.15) is 18.6 Å². The largest absolute Gasteiger partial charge is 0.387 e. The maximum absolute atomic E-state index is 12.1. The summed E-state index contributed by atoms with van der Waals surface area (Å²) in [7, 11) is 0. The highest BCUT2D eigenvalue weighted by Gasteiger charge is 2.17. The maximum atomic E-state index is 12.1. The van der Waals surface area contributed by atoms with Crippen LogP contribution >= 0.6 is 35.0 Å². The summed E-state index contributed by atoms with van der Waals surface area (Å²) in [6, 6.07) is 10.4. The molecule has 2 rings (SSSR count). The number of nitrogens with zero attached hydrogens (tertiary/aromatic N) is 1. The Balaban J connectivity index is 1.88. The molecular formula is C16H16Cl2N2O2S. The fraction of sp³-hybridized carbons (Fsp3) is 0.250. The van der Waals surface area contributed by atoms with Crippen molar-refractivity contribution < 1.29 is 9.90 Å². The number of aliphatic hydroxyl groups excluding tert-OH is 1. The Hall–Kier alpha value is -1.27. The van der Waals surface area contributed by atoms with Gasteiger partial charge in [-0.2, -0.15) is 0 Å². The van der Waals surface area contributed by atoms with E-state index in [4.69, 9.17) is 23.2 Å². The van der Waals surface area contributed by atoms with E-state index in [1.807, 2.05) is 18.2 Å². The molecule has 0 aliphatic rings. The van der Waals surface area contributed by atoms with Gasteiger partial charge in [-0.15, -0.1) is 0 Å². The van der Waals surface area contributed by atoms with Crippen molar-refractivity contribution in [1.29, 1.82) is 0 Å². The highest BCUT2D eigenvalue weighted by atomic mass is 35.5. The molecule has 0 aliphatic carbocycles. The minimum absolute atomic E-state index is 0.0859. The molecule has 1 aromatic heterocycles. The molecule has 0 aliphatic heterocycles. The van der Waals surface area contributed by atoms with E-state index in [0.717, 1.165) is 5.03 Å². The number of benzene rings is 1. The van der Waals surface area contributed by atoms with Crippen LogP contribution in [0.3, 0.4) is 0 Å². The minimum atomic E-state index is -0.873. The van der Waals surface area contributed by atoms with Crippen LogP contribution in [0.25, 0.3) is 0 Å². The molecule has 0 fully saturated rings. The molecule has 1 heterocycles. The molecule has 2 N–H and O–H groups in total. The number of hydrogen-bond donors (Lipinski definition) is 2. The maximum Gasteiger partial charge on any atom is 0.233 e. The van der Waals surface area contributed by atoms with E-state index in [1.54, 1.807) is 31.3 Å². The molecule has 23 heavy (non-hydrogen) atoms. The van der Waals surface area contributed by atoms with Gasteiger partial charge in [0.15, 0.2) is 0 Å². The summed E-state index contributed by atoms with van der Waals surface area (Å²) in [5.41, 5.74) is 0.563. The number of carbonyl (C=O) groups excluding carboxylic acids is 1. The van der Waals surface area contributed by atoms with Crippen LogP contribution in [0.2, 0.25) is 10.0 Å². The number of rotatable bonds is 6. The molecule has 2 aromatic rings. The first-order chi connectivity index (χ1) is 11.0. The zero-order chi connectivity index (χ0) is 16.8. The van der Waals surface area contributed by atoms with Crippen molar-refractivity contribution in [2.45, 2.75) is 23.3 Å². The summed E-state index contributed by atoms with van der Waals surface area (Å²) in [4.78, 5) is 16.3. The number of hydrogen-bond acceptors (Lipinski definition) is 4. The highest BCUT2D eigenvalue weighted by molar-refractivity contribution is 8.00. The fourth-order valence-corrected chi connectivity index (χ4v) is 3.25. The van der Waals surface area contributed by atoms with E-state index in [0.29, 0.717) is 15.6 Å². The number of pyridine rings is 1. The topological polar surface area (TPSA) is 62.2 Å². The number of thioether (sulfide) groups is 1. The third-order valence-electron chi connectivity index (χ3n) is 3.04. The van der Waals surface area contributed by atoms with Crippen LogP contribution in [-0.2, 0) is 4.79 Å². The van der Waals surface area contributed by atoms with Crippen molar-refractivity contribution in [3.63, 3.8) is 0 Å². The summed E-state index contributed by atoms with van der Waals surface area (Å²) < 4.78 is 0. The van der Waals surface area contributed by atoms with Gasteiger partial charge in [-0.05, 0) is 42.8 Å². The summed E-state index contributed by atoms with van der Waals surface area (Å²) in [6.07, 6.45) is 0.807. The zero-order valence-corrected chi connectivity index (χ0v) is 14.7. The Morgan fingerprint density at radius 3 is 2.61 bits per heavy atom. The fourth-order valence-electron chi connectivity index (χ4n) is 1.88. The van der Waals surface area contributed by atoms with Crippen molar-refractivity contribution in [1.82, 2.24) is 10.3 Å². The number of carbonyl (C=O) groups is 1. The van der Waals surface area contributed by atoms with Crippen molar-refractivity contribution in [3.05, 3.63) is 58.2 Å². The predicted molar refractivity (Wildman–Crippen MR) is 94.0 cm³/mol. The molecule has 1 aromatic carbocycles. The second kappa shape index (κ2) is 8.55. The summed E-state index contributed by atoms with van der Waals surface area (Å²) in [5, 5.41) is 14.2. The smallest absolute Gasteiger partial charge is 0.233 e. The molecule has 0 radical (unpaired) electrons. The van der Waals surface area contributed by atoms with Crippen molar-refractivity contribution in [2.24, 2.45) is 0 Å². The second-order valence-electron chi connectivity index (χ2n) is 4.89. The third-order valence-corrected chi connectivity index (χ3v) is 4.53. The van der Waals surface area contributed by atoms with Gasteiger partial charge >= 0.3 is 0 Å². The van der Waals surface area contributed by atoms with Gasteiger partial charge in [-0.25, -0.2) is 4.98 Å². The average Bonchev–Trinajstić information content (AvgIpc) is 2.52. The number of halogens is 2.